The predicted octanol–water partition coefficient (Wildman–Crippen LogP) is 4.07. The lowest BCUT2D eigenvalue weighted by atomic mass is 10.1. The zero-order chi connectivity index (χ0) is 25.2. The number of carbonyl (C=O) groups is 1. The smallest absolute Gasteiger partial charge is 0.264 e. The zero-order valence-electron chi connectivity index (χ0n) is 20.4. The van der Waals surface area contributed by atoms with Gasteiger partial charge in [0.25, 0.3) is 15.9 Å². The van der Waals surface area contributed by atoms with Gasteiger partial charge < -0.3 is 14.8 Å². The summed E-state index contributed by atoms with van der Waals surface area (Å²) in [6.07, 6.45) is -0.994. The number of nitrogens with one attached hydrogen (secondary N) is 1. The van der Waals surface area contributed by atoms with Gasteiger partial charge in [-0.05, 0) is 74.7 Å². The summed E-state index contributed by atoms with van der Waals surface area (Å²) >= 11 is 0. The van der Waals surface area contributed by atoms with Crippen LogP contribution in [0.3, 0.4) is 0 Å². The SMILES string of the molecule is Cc1ccc(S(=O)(=O)N2CC(C(=O)NCCOc3cccc(C)c3C)Oc3ccc(C)cc32)cc1. The van der Waals surface area contributed by atoms with E-state index in [9.17, 15) is 13.2 Å². The molecule has 35 heavy (non-hydrogen) atoms. The minimum Gasteiger partial charge on any atom is -0.491 e. The van der Waals surface area contributed by atoms with E-state index in [0.29, 0.717) is 11.4 Å². The number of benzene rings is 3. The summed E-state index contributed by atoms with van der Waals surface area (Å²) < 4.78 is 40.1. The second-order valence-electron chi connectivity index (χ2n) is 8.76. The summed E-state index contributed by atoms with van der Waals surface area (Å²) in [7, 11) is -3.90. The van der Waals surface area contributed by atoms with Crippen molar-refractivity contribution in [2.24, 2.45) is 0 Å². The van der Waals surface area contributed by atoms with E-state index >= 15 is 0 Å². The highest BCUT2D eigenvalue weighted by Crippen LogP contribution is 2.37. The molecule has 0 aromatic heterocycles. The molecular formula is C27H30N2O5S. The van der Waals surface area contributed by atoms with Gasteiger partial charge >= 0.3 is 0 Å². The fourth-order valence-corrected chi connectivity index (χ4v) is 5.36. The average molecular weight is 495 g/mol. The summed E-state index contributed by atoms with van der Waals surface area (Å²) in [5.74, 6) is 0.724. The van der Waals surface area contributed by atoms with Crippen molar-refractivity contribution in [2.45, 2.75) is 38.7 Å². The molecule has 0 radical (unpaired) electrons. The number of aryl methyl sites for hydroxylation is 3. The zero-order valence-corrected chi connectivity index (χ0v) is 21.2. The maximum absolute atomic E-state index is 13.5. The molecule has 7 nitrogen and oxygen atoms in total. The van der Waals surface area contributed by atoms with E-state index in [1.807, 2.05) is 52.0 Å². The summed E-state index contributed by atoms with van der Waals surface area (Å²) in [4.78, 5) is 13.1. The first-order valence-corrected chi connectivity index (χ1v) is 12.9. The van der Waals surface area contributed by atoms with Crippen LogP contribution in [-0.4, -0.2) is 40.1 Å². The molecule has 0 aliphatic carbocycles. The average Bonchev–Trinajstić information content (AvgIpc) is 2.83. The van der Waals surface area contributed by atoms with Gasteiger partial charge in [-0.3, -0.25) is 9.10 Å². The van der Waals surface area contributed by atoms with Crippen LogP contribution in [0.1, 0.15) is 22.3 Å². The molecule has 1 atom stereocenters. The number of amides is 1. The maximum atomic E-state index is 13.5. The molecule has 0 spiro atoms. The summed E-state index contributed by atoms with van der Waals surface area (Å²) in [6, 6.07) is 17.8. The first-order valence-electron chi connectivity index (χ1n) is 11.5. The number of fused-ring (bicyclic) bond motifs is 1. The van der Waals surface area contributed by atoms with Crippen LogP contribution >= 0.6 is 0 Å². The molecule has 1 heterocycles. The number of anilines is 1. The third-order valence-corrected chi connectivity index (χ3v) is 7.89. The van der Waals surface area contributed by atoms with Crippen LogP contribution in [0.15, 0.2) is 65.6 Å². The Morgan fingerprint density at radius 2 is 1.74 bits per heavy atom. The number of hydrogen-bond donors (Lipinski definition) is 1. The topological polar surface area (TPSA) is 84.9 Å². The molecule has 0 bridgehead atoms. The van der Waals surface area contributed by atoms with Gasteiger partial charge in [-0.1, -0.05) is 35.9 Å². The third kappa shape index (κ3) is 5.27. The first-order chi connectivity index (χ1) is 16.7. The van der Waals surface area contributed by atoms with Gasteiger partial charge in [0.15, 0.2) is 6.10 Å². The van der Waals surface area contributed by atoms with Gasteiger partial charge in [0.1, 0.15) is 18.1 Å². The molecule has 1 unspecified atom stereocenters. The Balaban J connectivity index is 1.49. The minimum atomic E-state index is -3.90. The van der Waals surface area contributed by atoms with Gasteiger partial charge in [-0.2, -0.15) is 0 Å². The Morgan fingerprint density at radius 3 is 2.49 bits per heavy atom. The Hall–Kier alpha value is -3.52. The highest BCUT2D eigenvalue weighted by Gasteiger charge is 2.37. The second kappa shape index (κ2) is 10.00. The van der Waals surface area contributed by atoms with E-state index in [4.69, 9.17) is 9.47 Å². The molecule has 0 saturated carbocycles. The lowest BCUT2D eigenvalue weighted by Gasteiger charge is -2.35. The van der Waals surface area contributed by atoms with Crippen LogP contribution in [0, 0.1) is 27.7 Å². The minimum absolute atomic E-state index is 0.129. The number of sulfonamides is 1. The molecule has 1 aliphatic heterocycles. The number of ether oxygens (including phenoxy) is 2. The van der Waals surface area contributed by atoms with Gasteiger partial charge in [-0.25, -0.2) is 8.42 Å². The molecule has 3 aromatic carbocycles. The Labute approximate surface area is 206 Å². The highest BCUT2D eigenvalue weighted by atomic mass is 32.2. The molecule has 184 valence electrons. The van der Waals surface area contributed by atoms with Crippen molar-refractivity contribution >= 4 is 21.6 Å². The van der Waals surface area contributed by atoms with E-state index in [0.717, 1.165) is 28.0 Å². The standard InChI is InChI=1S/C27H30N2O5S/c1-18-8-11-22(12-9-18)35(31,32)29-17-26(34-25-13-10-19(2)16-23(25)29)27(30)28-14-15-33-24-7-5-6-20(3)21(24)4/h5-13,16,26H,14-15,17H2,1-4H3,(H,28,30). The van der Waals surface area contributed by atoms with Crippen molar-refractivity contribution in [3.63, 3.8) is 0 Å². The van der Waals surface area contributed by atoms with Crippen molar-refractivity contribution in [3.05, 3.63) is 82.9 Å². The Morgan fingerprint density at radius 1 is 1.03 bits per heavy atom. The van der Waals surface area contributed by atoms with Crippen molar-refractivity contribution in [2.75, 3.05) is 24.0 Å². The van der Waals surface area contributed by atoms with Gasteiger partial charge in [0.05, 0.1) is 23.7 Å². The molecule has 4 rings (SSSR count). The molecule has 8 heteroatoms. The maximum Gasteiger partial charge on any atom is 0.264 e. The van der Waals surface area contributed by atoms with Crippen LogP contribution in [0.4, 0.5) is 5.69 Å². The predicted molar refractivity (Wildman–Crippen MR) is 136 cm³/mol. The quantitative estimate of drug-likeness (QED) is 0.501. The number of carbonyl (C=O) groups excluding carboxylic acids is 1. The van der Waals surface area contributed by atoms with Gasteiger partial charge in [-0.15, -0.1) is 0 Å². The Kier molecular flexibility index (Phi) is 7.03. The van der Waals surface area contributed by atoms with E-state index in [1.54, 1.807) is 36.4 Å². The molecule has 1 aliphatic rings. The van der Waals surface area contributed by atoms with E-state index < -0.39 is 22.0 Å². The molecular weight excluding hydrogens is 464 g/mol. The largest absolute Gasteiger partial charge is 0.491 e. The van der Waals surface area contributed by atoms with Crippen LogP contribution in [0.5, 0.6) is 11.5 Å². The molecule has 0 saturated heterocycles. The van der Waals surface area contributed by atoms with Crippen LogP contribution < -0.4 is 19.1 Å². The Bertz CT molecular complexity index is 1340. The molecule has 1 N–H and O–H groups in total. The van der Waals surface area contributed by atoms with E-state index in [2.05, 4.69) is 5.32 Å². The molecule has 0 fully saturated rings. The fourth-order valence-electron chi connectivity index (χ4n) is 3.89. The van der Waals surface area contributed by atoms with E-state index in [1.165, 1.54) is 4.31 Å². The van der Waals surface area contributed by atoms with Crippen molar-refractivity contribution in [3.8, 4) is 11.5 Å². The van der Waals surface area contributed by atoms with Crippen LogP contribution in [0.25, 0.3) is 0 Å². The van der Waals surface area contributed by atoms with E-state index in [-0.39, 0.29) is 24.6 Å². The van der Waals surface area contributed by atoms with Crippen molar-refractivity contribution in [1.29, 1.82) is 0 Å². The second-order valence-corrected chi connectivity index (χ2v) is 10.6. The molecule has 1 amide bonds. The number of hydrogen-bond acceptors (Lipinski definition) is 5. The lowest BCUT2D eigenvalue weighted by Crippen LogP contribution is -2.51. The first kappa shape index (κ1) is 24.6. The monoisotopic (exact) mass is 494 g/mol. The van der Waals surface area contributed by atoms with Crippen molar-refractivity contribution in [1.82, 2.24) is 5.32 Å². The van der Waals surface area contributed by atoms with Crippen LogP contribution in [-0.2, 0) is 14.8 Å². The normalized spacial score (nSPS) is 15.2. The third-order valence-electron chi connectivity index (χ3n) is 6.10. The number of rotatable bonds is 7. The highest BCUT2D eigenvalue weighted by molar-refractivity contribution is 7.92. The van der Waals surface area contributed by atoms with Gasteiger partial charge in [0, 0.05) is 0 Å². The summed E-state index contributed by atoms with van der Waals surface area (Å²) in [5, 5.41) is 2.81. The number of nitrogens with zero attached hydrogens (tertiary/aromatic N) is 1. The fraction of sp³-hybridized carbons (Fsp3) is 0.296. The van der Waals surface area contributed by atoms with Crippen molar-refractivity contribution < 1.29 is 22.7 Å². The lowest BCUT2D eigenvalue weighted by molar-refractivity contribution is -0.127. The van der Waals surface area contributed by atoms with Crippen LogP contribution in [0.2, 0.25) is 0 Å². The molecule has 3 aromatic rings. The summed E-state index contributed by atoms with van der Waals surface area (Å²) in [5.41, 5.74) is 4.46. The summed E-state index contributed by atoms with van der Waals surface area (Å²) in [6.45, 7) is 8.19. The van der Waals surface area contributed by atoms with Gasteiger partial charge in [0.2, 0.25) is 0 Å².